The summed E-state index contributed by atoms with van der Waals surface area (Å²) in [5.41, 5.74) is 0.0949. The third kappa shape index (κ3) is 4.26. The van der Waals surface area contributed by atoms with Crippen molar-refractivity contribution in [2.24, 2.45) is 0 Å². The van der Waals surface area contributed by atoms with Crippen molar-refractivity contribution in [2.75, 3.05) is 0 Å². The van der Waals surface area contributed by atoms with Crippen molar-refractivity contribution in [1.82, 2.24) is 5.32 Å². The topological polar surface area (TPSA) is 29.1 Å². The summed E-state index contributed by atoms with van der Waals surface area (Å²) in [5, 5.41) is 2.58. The number of benzene rings is 2. The minimum atomic E-state index is -4.39. The van der Waals surface area contributed by atoms with E-state index in [2.05, 4.69) is 17.9 Å². The molecule has 0 bridgehead atoms. The molecule has 2 nitrogen and oxygen atoms in total. The van der Waals surface area contributed by atoms with E-state index in [4.69, 9.17) is 0 Å². The van der Waals surface area contributed by atoms with E-state index >= 15 is 0 Å². The van der Waals surface area contributed by atoms with Crippen LogP contribution in [-0.4, -0.2) is 5.91 Å². The Bertz CT molecular complexity index is 638. The fourth-order valence-electron chi connectivity index (χ4n) is 1.75. The minimum absolute atomic E-state index is 0.0331. The molecule has 0 aliphatic rings. The van der Waals surface area contributed by atoms with Crippen LogP contribution in [0.15, 0.2) is 53.4 Å². The van der Waals surface area contributed by atoms with Crippen molar-refractivity contribution in [2.45, 2.75) is 17.6 Å². The van der Waals surface area contributed by atoms with Crippen molar-refractivity contribution in [3.63, 3.8) is 0 Å². The van der Waals surface area contributed by atoms with Crippen molar-refractivity contribution in [3.8, 4) is 0 Å². The highest BCUT2D eigenvalue weighted by Crippen LogP contribution is 2.29. The van der Waals surface area contributed by atoms with Gasteiger partial charge in [-0.25, -0.2) is 0 Å². The summed E-state index contributed by atoms with van der Waals surface area (Å²) in [5.74, 6) is -0.347. The van der Waals surface area contributed by atoms with E-state index in [9.17, 15) is 18.0 Å². The van der Waals surface area contributed by atoms with E-state index in [1.807, 2.05) is 0 Å². The molecule has 0 atom stereocenters. The molecule has 0 fully saturated rings. The van der Waals surface area contributed by atoms with Crippen LogP contribution in [0.5, 0.6) is 0 Å². The normalized spacial score (nSPS) is 11.2. The van der Waals surface area contributed by atoms with Crippen LogP contribution in [-0.2, 0) is 12.7 Å². The molecule has 0 aliphatic carbocycles. The Morgan fingerprint density at radius 1 is 1.10 bits per heavy atom. The average molecular weight is 311 g/mol. The second-order valence-electron chi connectivity index (χ2n) is 4.43. The molecule has 2 aromatic carbocycles. The van der Waals surface area contributed by atoms with Crippen molar-refractivity contribution in [1.29, 1.82) is 0 Å². The van der Waals surface area contributed by atoms with Crippen LogP contribution in [0.25, 0.3) is 0 Å². The van der Waals surface area contributed by atoms with Crippen molar-refractivity contribution in [3.05, 3.63) is 65.2 Å². The van der Waals surface area contributed by atoms with Crippen LogP contribution in [0.2, 0.25) is 0 Å². The van der Waals surface area contributed by atoms with Gasteiger partial charge >= 0.3 is 6.18 Å². The Labute approximate surface area is 125 Å². The highest BCUT2D eigenvalue weighted by atomic mass is 32.1. The molecule has 1 N–H and O–H groups in total. The molecule has 6 heteroatoms. The van der Waals surface area contributed by atoms with Gasteiger partial charge in [-0.2, -0.15) is 13.2 Å². The molecule has 0 aliphatic heterocycles. The molecule has 0 aromatic heterocycles. The van der Waals surface area contributed by atoms with Crippen LogP contribution < -0.4 is 5.32 Å². The van der Waals surface area contributed by atoms with Gasteiger partial charge in [-0.05, 0) is 42.0 Å². The highest BCUT2D eigenvalue weighted by molar-refractivity contribution is 7.80. The first-order chi connectivity index (χ1) is 9.86. The van der Waals surface area contributed by atoms with E-state index < -0.39 is 11.7 Å². The minimum Gasteiger partial charge on any atom is -0.348 e. The van der Waals surface area contributed by atoms with Crippen molar-refractivity contribution < 1.29 is 18.0 Å². The Morgan fingerprint density at radius 2 is 1.76 bits per heavy atom. The van der Waals surface area contributed by atoms with E-state index in [1.165, 1.54) is 12.1 Å². The van der Waals surface area contributed by atoms with E-state index in [0.717, 1.165) is 17.0 Å². The van der Waals surface area contributed by atoms with E-state index in [0.29, 0.717) is 11.1 Å². The molecule has 2 rings (SSSR count). The van der Waals surface area contributed by atoms with Gasteiger partial charge in [0.1, 0.15) is 0 Å². The number of rotatable bonds is 3. The van der Waals surface area contributed by atoms with E-state index in [-0.39, 0.29) is 12.5 Å². The van der Waals surface area contributed by atoms with Crippen LogP contribution in [0.3, 0.4) is 0 Å². The average Bonchev–Trinajstić information content (AvgIpc) is 2.45. The number of thiol groups is 1. The number of hydrogen-bond acceptors (Lipinski definition) is 2. The monoisotopic (exact) mass is 311 g/mol. The third-order valence-electron chi connectivity index (χ3n) is 2.84. The lowest BCUT2D eigenvalue weighted by Crippen LogP contribution is -2.22. The fourth-order valence-corrected chi connectivity index (χ4v) is 1.90. The molecule has 0 radical (unpaired) electrons. The van der Waals surface area contributed by atoms with Gasteiger partial charge in [0.15, 0.2) is 0 Å². The molecule has 0 heterocycles. The lowest BCUT2D eigenvalue weighted by atomic mass is 10.1. The number of hydrogen-bond donors (Lipinski definition) is 2. The first-order valence-corrected chi connectivity index (χ1v) is 6.54. The van der Waals surface area contributed by atoms with Gasteiger partial charge in [-0.1, -0.05) is 12.1 Å². The molecule has 1 amide bonds. The quantitative estimate of drug-likeness (QED) is 0.827. The van der Waals surface area contributed by atoms with Crippen LogP contribution in [0.1, 0.15) is 21.5 Å². The first-order valence-electron chi connectivity index (χ1n) is 6.09. The van der Waals surface area contributed by atoms with Gasteiger partial charge in [0, 0.05) is 17.0 Å². The fraction of sp³-hybridized carbons (Fsp3) is 0.133. The Balaban J connectivity index is 2.03. The maximum atomic E-state index is 12.6. The molecule has 2 aromatic rings. The van der Waals surface area contributed by atoms with Gasteiger partial charge in [-0.15, -0.1) is 12.6 Å². The number of amides is 1. The summed E-state index contributed by atoms with van der Waals surface area (Å²) in [6.45, 7) is 0.0331. The van der Waals surface area contributed by atoms with Gasteiger partial charge in [0.05, 0.1) is 5.56 Å². The molecule has 0 saturated heterocycles. The summed E-state index contributed by atoms with van der Waals surface area (Å²) >= 11 is 4.11. The second-order valence-corrected chi connectivity index (χ2v) is 4.94. The van der Waals surface area contributed by atoms with Gasteiger partial charge in [0.2, 0.25) is 0 Å². The smallest absolute Gasteiger partial charge is 0.348 e. The lowest BCUT2D eigenvalue weighted by Gasteiger charge is -2.09. The predicted molar refractivity (Wildman–Crippen MR) is 76.3 cm³/mol. The van der Waals surface area contributed by atoms with Crippen molar-refractivity contribution >= 4 is 18.5 Å². The van der Waals surface area contributed by atoms with E-state index in [1.54, 1.807) is 24.3 Å². The molecule has 110 valence electrons. The zero-order valence-electron chi connectivity index (χ0n) is 10.8. The summed E-state index contributed by atoms with van der Waals surface area (Å²) in [6.07, 6.45) is -4.39. The first kappa shape index (κ1) is 15.4. The summed E-state index contributed by atoms with van der Waals surface area (Å²) < 4.78 is 37.7. The third-order valence-corrected chi connectivity index (χ3v) is 3.14. The summed E-state index contributed by atoms with van der Waals surface area (Å²) in [4.78, 5) is 12.6. The van der Waals surface area contributed by atoms with Crippen LogP contribution >= 0.6 is 12.6 Å². The van der Waals surface area contributed by atoms with Crippen LogP contribution in [0.4, 0.5) is 13.2 Å². The predicted octanol–water partition coefficient (Wildman–Crippen LogP) is 3.92. The number of nitrogens with one attached hydrogen (secondary N) is 1. The highest BCUT2D eigenvalue weighted by Gasteiger charge is 2.30. The largest absolute Gasteiger partial charge is 0.416 e. The maximum absolute atomic E-state index is 12.6. The Hall–Kier alpha value is -1.95. The lowest BCUT2D eigenvalue weighted by molar-refractivity contribution is -0.137. The number of carbonyl (C=O) groups excluding carboxylic acids is 1. The molecule has 0 unspecified atom stereocenters. The molecule has 0 saturated carbocycles. The van der Waals surface area contributed by atoms with Crippen LogP contribution in [0, 0.1) is 0 Å². The SMILES string of the molecule is O=C(NCc1cccc(C(F)(F)F)c1)c1ccc(S)cc1. The Kier molecular flexibility index (Phi) is 4.57. The molecule has 0 spiro atoms. The zero-order chi connectivity index (χ0) is 15.5. The second kappa shape index (κ2) is 6.22. The summed E-state index contributed by atoms with van der Waals surface area (Å²) in [6, 6.07) is 11.4. The number of carbonyl (C=O) groups is 1. The zero-order valence-corrected chi connectivity index (χ0v) is 11.7. The molecular formula is C15H12F3NOS. The number of halogens is 3. The maximum Gasteiger partial charge on any atom is 0.416 e. The molecule has 21 heavy (non-hydrogen) atoms. The summed E-state index contributed by atoms with van der Waals surface area (Å²) in [7, 11) is 0. The van der Waals surface area contributed by atoms with Gasteiger partial charge in [-0.3, -0.25) is 4.79 Å². The Morgan fingerprint density at radius 3 is 2.38 bits per heavy atom. The standard InChI is InChI=1S/C15H12F3NOS/c16-15(17,18)12-3-1-2-10(8-12)9-19-14(20)11-4-6-13(21)7-5-11/h1-8,21H,9H2,(H,19,20). The van der Waals surface area contributed by atoms with Gasteiger partial charge < -0.3 is 5.32 Å². The molecular weight excluding hydrogens is 299 g/mol. The number of alkyl halides is 3. The van der Waals surface area contributed by atoms with Gasteiger partial charge in [0.25, 0.3) is 5.91 Å².